The Morgan fingerprint density at radius 3 is 2.44 bits per heavy atom. The molecule has 0 aliphatic heterocycles. The van der Waals surface area contributed by atoms with Crippen molar-refractivity contribution in [2.45, 2.75) is 4.90 Å². The van der Waals surface area contributed by atoms with Crippen molar-refractivity contribution in [2.75, 3.05) is 20.2 Å². The summed E-state index contributed by atoms with van der Waals surface area (Å²) in [7, 11) is -0.301. The maximum absolute atomic E-state index is 12.4. The molecular weight excluding hydrogens is 366 g/mol. The molecule has 0 aliphatic carbocycles. The predicted octanol–water partition coefficient (Wildman–Crippen LogP) is 1.90. The van der Waals surface area contributed by atoms with Crippen LogP contribution in [-0.2, 0) is 17.1 Å². The third-order valence-electron chi connectivity index (χ3n) is 4.26. The van der Waals surface area contributed by atoms with Crippen molar-refractivity contribution < 1.29 is 17.9 Å². The summed E-state index contributed by atoms with van der Waals surface area (Å²) in [5.74, 6) is 0.327. The Bertz CT molecular complexity index is 1060. The molecule has 0 saturated heterocycles. The van der Waals surface area contributed by atoms with Crippen molar-refractivity contribution in [2.24, 2.45) is 7.05 Å². The van der Waals surface area contributed by atoms with E-state index in [1.54, 1.807) is 12.1 Å². The molecule has 1 heterocycles. The van der Waals surface area contributed by atoms with Gasteiger partial charge in [-0.25, -0.2) is 13.1 Å². The molecule has 1 amide bonds. The van der Waals surface area contributed by atoms with E-state index < -0.39 is 10.0 Å². The Kier molecular flexibility index (Phi) is 5.48. The number of amides is 1. The molecule has 0 aliphatic rings. The van der Waals surface area contributed by atoms with Crippen LogP contribution in [0.15, 0.2) is 59.5 Å². The Morgan fingerprint density at radius 1 is 1.07 bits per heavy atom. The lowest BCUT2D eigenvalue weighted by Crippen LogP contribution is -2.35. The van der Waals surface area contributed by atoms with Crippen molar-refractivity contribution in [3.63, 3.8) is 0 Å². The van der Waals surface area contributed by atoms with Crippen LogP contribution in [0.4, 0.5) is 0 Å². The number of carbonyl (C=O) groups excluding carboxylic acids is 1. The van der Waals surface area contributed by atoms with Crippen LogP contribution < -0.4 is 14.8 Å². The number of carbonyl (C=O) groups is 1. The zero-order chi connectivity index (χ0) is 19.4. The average molecular weight is 387 g/mol. The highest BCUT2D eigenvalue weighted by Crippen LogP contribution is 2.18. The third kappa shape index (κ3) is 4.12. The highest BCUT2D eigenvalue weighted by molar-refractivity contribution is 7.89. The lowest BCUT2D eigenvalue weighted by atomic mass is 10.2. The maximum atomic E-state index is 12.4. The maximum Gasteiger partial charge on any atom is 0.267 e. The molecule has 0 saturated carbocycles. The smallest absolute Gasteiger partial charge is 0.267 e. The van der Waals surface area contributed by atoms with Crippen molar-refractivity contribution in [1.29, 1.82) is 0 Å². The summed E-state index contributed by atoms with van der Waals surface area (Å²) in [4.78, 5) is 12.5. The summed E-state index contributed by atoms with van der Waals surface area (Å²) in [6, 6.07) is 15.6. The van der Waals surface area contributed by atoms with Gasteiger partial charge in [0, 0.05) is 31.0 Å². The summed E-state index contributed by atoms with van der Waals surface area (Å²) in [5, 5.41) is 3.71. The van der Waals surface area contributed by atoms with Gasteiger partial charge in [-0.05, 0) is 36.4 Å². The topological polar surface area (TPSA) is 89.4 Å². The fourth-order valence-corrected chi connectivity index (χ4v) is 3.83. The number of sulfonamides is 1. The van der Waals surface area contributed by atoms with Gasteiger partial charge in [0.15, 0.2) is 0 Å². The largest absolute Gasteiger partial charge is 0.497 e. The Hall–Kier alpha value is -2.84. The molecule has 0 unspecified atom stereocenters. The number of aromatic nitrogens is 1. The van der Waals surface area contributed by atoms with E-state index in [0.717, 1.165) is 10.9 Å². The number of benzene rings is 2. The highest BCUT2D eigenvalue weighted by atomic mass is 32.2. The van der Waals surface area contributed by atoms with Crippen LogP contribution in [0.5, 0.6) is 5.75 Å². The number of rotatable bonds is 7. The van der Waals surface area contributed by atoms with Crippen LogP contribution in [0.2, 0.25) is 0 Å². The lowest BCUT2D eigenvalue weighted by molar-refractivity contribution is 0.0946. The molecule has 8 heteroatoms. The monoisotopic (exact) mass is 387 g/mol. The first-order valence-corrected chi connectivity index (χ1v) is 9.87. The van der Waals surface area contributed by atoms with Crippen LogP contribution in [0.1, 0.15) is 10.5 Å². The zero-order valence-electron chi connectivity index (χ0n) is 15.1. The summed E-state index contributed by atoms with van der Waals surface area (Å²) in [6.07, 6.45) is 0. The summed E-state index contributed by atoms with van der Waals surface area (Å²) in [6.45, 7) is 0.264. The normalized spacial score (nSPS) is 11.5. The highest BCUT2D eigenvalue weighted by Gasteiger charge is 2.15. The number of methoxy groups -OCH3 is 1. The van der Waals surface area contributed by atoms with Gasteiger partial charge < -0.3 is 14.6 Å². The van der Waals surface area contributed by atoms with Gasteiger partial charge in [0.25, 0.3) is 5.91 Å². The molecule has 2 N–H and O–H groups in total. The fraction of sp³-hybridized carbons (Fsp3) is 0.211. The SMILES string of the molecule is COc1ccc(S(=O)(=O)NCCNC(=O)c2cc3ccccc3n2C)cc1. The molecule has 2 aromatic carbocycles. The first kappa shape index (κ1) is 18.9. The van der Waals surface area contributed by atoms with E-state index in [4.69, 9.17) is 4.74 Å². The molecule has 0 radical (unpaired) electrons. The second-order valence-corrected chi connectivity index (χ2v) is 7.74. The van der Waals surface area contributed by atoms with Gasteiger partial charge in [0.2, 0.25) is 10.0 Å². The van der Waals surface area contributed by atoms with Crippen molar-refractivity contribution in [3.05, 3.63) is 60.3 Å². The molecule has 0 atom stereocenters. The van der Waals surface area contributed by atoms with E-state index in [1.165, 1.54) is 19.2 Å². The molecular formula is C19H21N3O4S. The summed E-state index contributed by atoms with van der Waals surface area (Å²) in [5.41, 5.74) is 1.48. The molecule has 1 aromatic heterocycles. The van der Waals surface area contributed by atoms with Gasteiger partial charge in [0.05, 0.1) is 12.0 Å². The van der Waals surface area contributed by atoms with Crippen LogP contribution in [0.3, 0.4) is 0 Å². The van der Waals surface area contributed by atoms with Crippen molar-refractivity contribution in [3.8, 4) is 5.75 Å². The molecule has 7 nitrogen and oxygen atoms in total. The first-order valence-electron chi connectivity index (χ1n) is 8.39. The summed E-state index contributed by atoms with van der Waals surface area (Å²) < 4.78 is 33.8. The van der Waals surface area contributed by atoms with Crippen LogP contribution in [-0.4, -0.2) is 39.1 Å². The first-order chi connectivity index (χ1) is 12.9. The van der Waals surface area contributed by atoms with Gasteiger partial charge in [-0.2, -0.15) is 0 Å². The number of hydrogen-bond donors (Lipinski definition) is 2. The standard InChI is InChI=1S/C19H21N3O4S/c1-22-17-6-4-3-5-14(17)13-18(22)19(23)20-11-12-21-27(24,25)16-9-7-15(26-2)8-10-16/h3-10,13,21H,11-12H2,1-2H3,(H,20,23). The zero-order valence-corrected chi connectivity index (χ0v) is 15.9. The number of fused-ring (bicyclic) bond motifs is 1. The van der Waals surface area contributed by atoms with Gasteiger partial charge in [0.1, 0.15) is 11.4 Å². The van der Waals surface area contributed by atoms with Crippen LogP contribution in [0, 0.1) is 0 Å². The number of nitrogens with zero attached hydrogens (tertiary/aromatic N) is 1. The quantitative estimate of drug-likeness (QED) is 0.606. The molecule has 3 aromatic rings. The Balaban J connectivity index is 1.57. The average Bonchev–Trinajstić information content (AvgIpc) is 3.02. The third-order valence-corrected chi connectivity index (χ3v) is 5.73. The Morgan fingerprint density at radius 2 is 1.78 bits per heavy atom. The van der Waals surface area contributed by atoms with E-state index in [0.29, 0.717) is 11.4 Å². The fourth-order valence-electron chi connectivity index (χ4n) is 2.80. The van der Waals surface area contributed by atoms with Gasteiger partial charge >= 0.3 is 0 Å². The van der Waals surface area contributed by atoms with E-state index >= 15 is 0 Å². The molecule has 27 heavy (non-hydrogen) atoms. The lowest BCUT2D eigenvalue weighted by Gasteiger charge is -2.09. The van der Waals surface area contributed by atoms with E-state index in [9.17, 15) is 13.2 Å². The minimum absolute atomic E-state index is 0.0873. The minimum Gasteiger partial charge on any atom is -0.497 e. The minimum atomic E-state index is -3.64. The van der Waals surface area contributed by atoms with Gasteiger partial charge in [-0.15, -0.1) is 0 Å². The summed E-state index contributed by atoms with van der Waals surface area (Å²) >= 11 is 0. The van der Waals surface area contributed by atoms with E-state index in [1.807, 2.05) is 41.9 Å². The molecule has 142 valence electrons. The molecule has 3 rings (SSSR count). The second-order valence-electron chi connectivity index (χ2n) is 5.98. The Labute approximate surface area is 158 Å². The number of ether oxygens (including phenoxy) is 1. The van der Waals surface area contributed by atoms with E-state index in [-0.39, 0.29) is 23.9 Å². The number of aryl methyl sites for hydroxylation is 1. The van der Waals surface area contributed by atoms with E-state index in [2.05, 4.69) is 10.0 Å². The van der Waals surface area contributed by atoms with Crippen molar-refractivity contribution >= 4 is 26.8 Å². The number of hydrogen-bond acceptors (Lipinski definition) is 4. The van der Waals surface area contributed by atoms with Gasteiger partial charge in [-0.1, -0.05) is 18.2 Å². The molecule has 0 bridgehead atoms. The second kappa shape index (κ2) is 7.81. The number of nitrogens with one attached hydrogen (secondary N) is 2. The van der Waals surface area contributed by atoms with Gasteiger partial charge in [-0.3, -0.25) is 4.79 Å². The predicted molar refractivity (Wildman–Crippen MR) is 103 cm³/mol. The molecule has 0 spiro atoms. The van der Waals surface area contributed by atoms with Crippen LogP contribution in [0.25, 0.3) is 10.9 Å². The van der Waals surface area contributed by atoms with Crippen molar-refractivity contribution in [1.82, 2.24) is 14.6 Å². The molecule has 0 fully saturated rings. The van der Waals surface area contributed by atoms with Crippen LogP contribution >= 0.6 is 0 Å². The number of para-hydroxylation sites is 1.